The largest absolute Gasteiger partial charge is 0.376 e. The summed E-state index contributed by atoms with van der Waals surface area (Å²) in [6.45, 7) is 0. The number of nitrogens with one attached hydrogen (secondary N) is 1. The number of benzene rings is 2. The van der Waals surface area contributed by atoms with Gasteiger partial charge in [-0.05, 0) is 48.2 Å². The highest BCUT2D eigenvalue weighted by Crippen LogP contribution is 2.36. The minimum absolute atomic E-state index is 0.0329. The van der Waals surface area contributed by atoms with Gasteiger partial charge >= 0.3 is 0 Å². The average molecular weight is 324 g/mol. The zero-order valence-corrected chi connectivity index (χ0v) is 11.7. The Bertz CT molecular complexity index is 628. The van der Waals surface area contributed by atoms with Crippen molar-refractivity contribution in [1.29, 1.82) is 0 Å². The van der Waals surface area contributed by atoms with Crippen LogP contribution in [-0.2, 0) is 6.42 Å². The Kier molecular flexibility index (Phi) is 3.27. The number of halogens is 3. The van der Waals surface area contributed by atoms with Crippen molar-refractivity contribution in [3.05, 3.63) is 63.6 Å². The second-order valence-electron chi connectivity index (χ2n) is 4.67. The maximum Gasteiger partial charge on any atom is 0.146 e. The predicted molar refractivity (Wildman–Crippen MR) is 75.2 cm³/mol. The maximum atomic E-state index is 13.7. The molecule has 3 rings (SSSR count). The third-order valence-electron chi connectivity index (χ3n) is 3.47. The van der Waals surface area contributed by atoms with Crippen molar-refractivity contribution >= 4 is 21.6 Å². The van der Waals surface area contributed by atoms with Crippen molar-refractivity contribution in [2.45, 2.75) is 18.9 Å². The molecule has 0 fully saturated rings. The summed E-state index contributed by atoms with van der Waals surface area (Å²) in [5, 5.41) is 3.16. The molecule has 4 heteroatoms. The van der Waals surface area contributed by atoms with Gasteiger partial charge in [0.2, 0.25) is 0 Å². The van der Waals surface area contributed by atoms with Gasteiger partial charge in [0.1, 0.15) is 11.6 Å². The lowest BCUT2D eigenvalue weighted by Crippen LogP contribution is -2.08. The van der Waals surface area contributed by atoms with E-state index in [4.69, 9.17) is 0 Å². The molecule has 1 aliphatic carbocycles. The smallest absolute Gasteiger partial charge is 0.146 e. The van der Waals surface area contributed by atoms with Crippen LogP contribution in [-0.4, -0.2) is 0 Å². The molecule has 0 aromatic heterocycles. The van der Waals surface area contributed by atoms with Gasteiger partial charge in [-0.3, -0.25) is 0 Å². The van der Waals surface area contributed by atoms with Crippen LogP contribution in [0.15, 0.2) is 40.9 Å². The Balaban J connectivity index is 1.91. The number of anilines is 1. The van der Waals surface area contributed by atoms with Crippen molar-refractivity contribution in [3.63, 3.8) is 0 Å². The summed E-state index contributed by atoms with van der Waals surface area (Å²) < 4.78 is 28.2. The van der Waals surface area contributed by atoms with Crippen molar-refractivity contribution in [2.75, 3.05) is 5.32 Å². The molecule has 2 aromatic rings. The first-order chi connectivity index (χ1) is 9.15. The summed E-state index contributed by atoms with van der Waals surface area (Å²) in [5.74, 6) is -0.468. The highest BCUT2D eigenvalue weighted by molar-refractivity contribution is 9.10. The lowest BCUT2D eigenvalue weighted by Gasteiger charge is -2.16. The van der Waals surface area contributed by atoms with Gasteiger partial charge in [-0.25, -0.2) is 8.78 Å². The van der Waals surface area contributed by atoms with Crippen LogP contribution in [0.1, 0.15) is 23.6 Å². The monoisotopic (exact) mass is 323 g/mol. The van der Waals surface area contributed by atoms with Crippen LogP contribution in [0.3, 0.4) is 0 Å². The molecule has 0 saturated heterocycles. The van der Waals surface area contributed by atoms with Gasteiger partial charge in [0, 0.05) is 4.47 Å². The van der Waals surface area contributed by atoms with Gasteiger partial charge in [-0.15, -0.1) is 0 Å². The Hall–Kier alpha value is -1.42. The van der Waals surface area contributed by atoms with E-state index in [1.807, 2.05) is 6.07 Å². The molecule has 0 heterocycles. The molecule has 1 N–H and O–H groups in total. The first kappa shape index (κ1) is 12.6. The summed E-state index contributed by atoms with van der Waals surface area (Å²) in [6, 6.07) is 9.81. The van der Waals surface area contributed by atoms with Gasteiger partial charge < -0.3 is 5.32 Å². The summed E-state index contributed by atoms with van der Waals surface area (Å²) in [6.07, 6.45) is 1.47. The lowest BCUT2D eigenvalue weighted by atomic mass is 10.1. The van der Waals surface area contributed by atoms with Crippen LogP contribution in [0, 0.1) is 11.6 Å². The second kappa shape index (κ2) is 4.93. The molecule has 0 aliphatic heterocycles. The number of hydrogen-bond donors (Lipinski definition) is 1. The Morgan fingerprint density at radius 2 is 1.95 bits per heavy atom. The molecule has 0 amide bonds. The summed E-state index contributed by atoms with van der Waals surface area (Å²) in [5.41, 5.74) is 2.12. The summed E-state index contributed by atoms with van der Waals surface area (Å²) in [7, 11) is 0. The van der Waals surface area contributed by atoms with Gasteiger partial charge in [0.15, 0.2) is 0 Å². The van der Waals surface area contributed by atoms with Gasteiger partial charge in [-0.1, -0.05) is 28.1 Å². The quantitative estimate of drug-likeness (QED) is 0.834. The van der Waals surface area contributed by atoms with Gasteiger partial charge in [-0.2, -0.15) is 0 Å². The molecule has 0 spiro atoms. The Morgan fingerprint density at radius 3 is 2.79 bits per heavy atom. The van der Waals surface area contributed by atoms with Crippen LogP contribution in [0.25, 0.3) is 0 Å². The minimum atomic E-state index is -0.298. The van der Waals surface area contributed by atoms with Crippen LogP contribution >= 0.6 is 15.9 Å². The molecule has 1 atom stereocenters. The Morgan fingerprint density at radius 1 is 1.11 bits per heavy atom. The normalized spacial score (nSPS) is 17.3. The van der Waals surface area contributed by atoms with Crippen molar-refractivity contribution in [3.8, 4) is 0 Å². The maximum absolute atomic E-state index is 13.7. The molecular weight excluding hydrogens is 312 g/mol. The zero-order chi connectivity index (χ0) is 13.4. The molecule has 19 heavy (non-hydrogen) atoms. The molecule has 0 bridgehead atoms. The number of hydrogen-bond acceptors (Lipinski definition) is 1. The SMILES string of the molecule is Fc1ccc(Br)cc1NC1CCc2c(F)cccc21. The van der Waals surface area contributed by atoms with Gasteiger partial charge in [0.05, 0.1) is 11.7 Å². The van der Waals surface area contributed by atoms with E-state index in [0.29, 0.717) is 12.1 Å². The first-order valence-corrected chi connectivity index (χ1v) is 6.93. The highest BCUT2D eigenvalue weighted by Gasteiger charge is 2.25. The summed E-state index contributed by atoms with van der Waals surface area (Å²) in [4.78, 5) is 0. The molecule has 98 valence electrons. The standard InChI is InChI=1S/C15H12BrF2N/c16-9-4-6-13(18)15(8-9)19-14-7-5-10-11(14)2-1-3-12(10)17/h1-4,6,8,14,19H,5,7H2. The molecule has 1 nitrogen and oxygen atoms in total. The van der Waals surface area contributed by atoms with Crippen LogP contribution in [0.4, 0.5) is 14.5 Å². The zero-order valence-electron chi connectivity index (χ0n) is 10.1. The van der Waals surface area contributed by atoms with Crippen LogP contribution < -0.4 is 5.32 Å². The topological polar surface area (TPSA) is 12.0 Å². The van der Waals surface area contributed by atoms with Crippen molar-refractivity contribution in [2.24, 2.45) is 0 Å². The molecule has 2 aromatic carbocycles. The highest BCUT2D eigenvalue weighted by atomic mass is 79.9. The van der Waals surface area contributed by atoms with Crippen molar-refractivity contribution in [1.82, 2.24) is 0 Å². The number of rotatable bonds is 2. The molecule has 0 saturated carbocycles. The second-order valence-corrected chi connectivity index (χ2v) is 5.58. The van der Waals surface area contributed by atoms with E-state index in [2.05, 4.69) is 21.2 Å². The van der Waals surface area contributed by atoms with E-state index in [-0.39, 0.29) is 17.7 Å². The minimum Gasteiger partial charge on any atom is -0.376 e. The van der Waals surface area contributed by atoms with Crippen LogP contribution in [0.2, 0.25) is 0 Å². The molecular formula is C15H12BrF2N. The molecule has 1 aliphatic rings. The third-order valence-corrected chi connectivity index (χ3v) is 3.96. The van der Waals surface area contributed by atoms with Gasteiger partial charge in [0.25, 0.3) is 0 Å². The van der Waals surface area contributed by atoms with Crippen LogP contribution in [0.5, 0.6) is 0 Å². The van der Waals surface area contributed by atoms with E-state index in [9.17, 15) is 8.78 Å². The predicted octanol–water partition coefficient (Wildman–Crippen LogP) is 4.83. The van der Waals surface area contributed by atoms with Crippen molar-refractivity contribution < 1.29 is 8.78 Å². The fourth-order valence-electron chi connectivity index (χ4n) is 2.56. The fourth-order valence-corrected chi connectivity index (χ4v) is 2.92. The lowest BCUT2D eigenvalue weighted by molar-refractivity contribution is 0.612. The van der Waals surface area contributed by atoms with E-state index >= 15 is 0 Å². The molecule has 0 radical (unpaired) electrons. The van der Waals surface area contributed by atoms with E-state index < -0.39 is 0 Å². The van der Waals surface area contributed by atoms with E-state index in [1.165, 1.54) is 12.1 Å². The van der Waals surface area contributed by atoms with E-state index in [0.717, 1.165) is 22.0 Å². The first-order valence-electron chi connectivity index (χ1n) is 6.14. The molecule has 1 unspecified atom stereocenters. The van der Waals surface area contributed by atoms with E-state index in [1.54, 1.807) is 18.2 Å². The fraction of sp³-hybridized carbons (Fsp3) is 0.200. The third kappa shape index (κ3) is 2.37. The average Bonchev–Trinajstić information content (AvgIpc) is 2.79. The Labute approximate surface area is 118 Å². The number of fused-ring (bicyclic) bond motifs is 1. The summed E-state index contributed by atoms with van der Waals surface area (Å²) >= 11 is 3.32.